The molecule has 4 heteroatoms. The van der Waals surface area contributed by atoms with Gasteiger partial charge in [0.1, 0.15) is 0 Å². The third-order valence-corrected chi connectivity index (χ3v) is 0. The van der Waals surface area contributed by atoms with E-state index in [2.05, 4.69) is 0 Å². The van der Waals surface area contributed by atoms with E-state index in [1.165, 1.54) is 0 Å². The van der Waals surface area contributed by atoms with Crippen molar-refractivity contribution >= 4 is 50.3 Å². The van der Waals surface area contributed by atoms with Crippen molar-refractivity contribution < 1.29 is 25.0 Å². The first-order chi connectivity index (χ1) is 0. The van der Waals surface area contributed by atoms with Crippen molar-refractivity contribution in [3.63, 3.8) is 0 Å². The molecule has 0 spiro atoms. The Morgan fingerprint density at radius 1 is 1.00 bits per heavy atom. The Morgan fingerprint density at radius 3 is 1.00 bits per heavy atom. The molecule has 0 aromatic heterocycles. The summed E-state index contributed by atoms with van der Waals surface area (Å²) in [6.45, 7) is 0. The minimum Gasteiger partial charge on any atom is 0 e. The predicted molar refractivity (Wildman–Crippen MR) is 23.5 cm³/mol. The van der Waals surface area contributed by atoms with Gasteiger partial charge in [-0.3, -0.25) is 0 Å². The van der Waals surface area contributed by atoms with Gasteiger partial charge in [-0.2, -0.15) is 0 Å². The minimum absolute atomic E-state index is 0. The van der Waals surface area contributed by atoms with Crippen LogP contribution in [0.3, 0.4) is 0 Å². The van der Waals surface area contributed by atoms with Crippen LogP contribution in [-0.2, 0) is 19.5 Å². The Bertz CT molecular complexity index is 8.00. The molecule has 0 aromatic carbocycles. The van der Waals surface area contributed by atoms with Gasteiger partial charge in [-0.15, -0.1) is 0 Å². The van der Waals surface area contributed by atoms with Gasteiger partial charge in [-0.25, -0.2) is 0 Å². The molecule has 0 saturated heterocycles. The molecule has 4 heavy (non-hydrogen) atoms. The molecular weight excluding hydrogens is 318 g/mol. The van der Waals surface area contributed by atoms with Crippen molar-refractivity contribution in [2.24, 2.45) is 0 Å². The van der Waals surface area contributed by atoms with Gasteiger partial charge in [-0.1, -0.05) is 0 Å². The zero-order valence-corrected chi connectivity index (χ0v) is 8.92. The summed E-state index contributed by atoms with van der Waals surface area (Å²) in [6, 6.07) is 0. The largest absolute Gasteiger partial charge is 0 e. The monoisotopic (exact) mass is 324 g/mol. The van der Waals surface area contributed by atoms with Crippen molar-refractivity contribution in [3.8, 4) is 0 Å². The summed E-state index contributed by atoms with van der Waals surface area (Å²) < 4.78 is 0. The van der Waals surface area contributed by atoms with Crippen LogP contribution in [0.25, 0.3) is 0 Å². The van der Waals surface area contributed by atoms with E-state index in [1.54, 1.807) is 0 Å². The molecule has 0 bridgehead atoms. The fraction of sp³-hybridized carbons (Fsp3) is 0. The van der Waals surface area contributed by atoms with Crippen LogP contribution >= 0.6 is 0 Å². The third kappa shape index (κ3) is 8.86. The third-order valence-electron chi connectivity index (χ3n) is 0. The zero-order chi connectivity index (χ0) is 0. The van der Waals surface area contributed by atoms with Gasteiger partial charge in [-0.05, 0) is 0 Å². The molecule has 2 N–H and O–H groups in total. The molecule has 0 saturated carbocycles. The summed E-state index contributed by atoms with van der Waals surface area (Å²) in [5.41, 5.74) is 0. The molecule has 0 unspecified atom stereocenters. The van der Waals surface area contributed by atoms with Crippen LogP contribution in [0.15, 0.2) is 0 Å². The molecule has 0 fully saturated rings. The van der Waals surface area contributed by atoms with E-state index in [9.17, 15) is 0 Å². The molecule has 24 valence electrons. The van der Waals surface area contributed by atoms with Gasteiger partial charge in [0.2, 0.25) is 0 Å². The maximum atomic E-state index is 0. The van der Waals surface area contributed by atoms with Crippen LogP contribution in [0.1, 0.15) is 0 Å². The molecule has 0 atom stereocenters. The van der Waals surface area contributed by atoms with E-state index in [0.717, 1.165) is 0 Å². The number of rotatable bonds is 0. The molecule has 0 radical (unpaired) electrons. The normalized spacial score (nSPS) is 0. The summed E-state index contributed by atoms with van der Waals surface area (Å²) >= 11 is 0. The van der Waals surface area contributed by atoms with Crippen molar-refractivity contribution in [2.45, 2.75) is 0 Å². The summed E-state index contributed by atoms with van der Waals surface area (Å²) in [4.78, 5) is 0. The maximum absolute atomic E-state index is 0. The summed E-state index contributed by atoms with van der Waals surface area (Å²) in [5, 5.41) is 0. The molecule has 0 aliphatic rings. The quantitative estimate of drug-likeness (QED) is 0.420. The first-order valence-corrected chi connectivity index (χ1v) is 0. The molecule has 0 aromatic rings. The fourth-order valence-corrected chi connectivity index (χ4v) is 0. The molecule has 0 aliphatic heterocycles. The van der Waals surface area contributed by atoms with E-state index in [0.29, 0.717) is 0 Å². The second-order valence-electron chi connectivity index (χ2n) is 0. The second kappa shape index (κ2) is 18.6. The topological polar surface area (TPSA) is 31.5 Å². The maximum Gasteiger partial charge on any atom is 0 e. The summed E-state index contributed by atoms with van der Waals surface area (Å²) in [5.74, 6) is 0. The zero-order valence-electron chi connectivity index (χ0n) is 1.91. The molecular formula is H8InOSbZn. The van der Waals surface area contributed by atoms with Crippen molar-refractivity contribution in [1.29, 1.82) is 0 Å². The van der Waals surface area contributed by atoms with Crippen molar-refractivity contribution in [3.05, 3.63) is 0 Å². The minimum atomic E-state index is 0. The summed E-state index contributed by atoms with van der Waals surface area (Å²) in [6.07, 6.45) is 0. The van der Waals surface area contributed by atoms with E-state index >= 15 is 0 Å². The molecule has 0 rings (SSSR count). The van der Waals surface area contributed by atoms with Crippen molar-refractivity contribution in [2.75, 3.05) is 0 Å². The van der Waals surface area contributed by atoms with Gasteiger partial charge in [0.05, 0.1) is 0 Å². The SMILES string of the molecule is O.[InH3].[SbH3].[Zn]. The molecule has 0 amide bonds. The van der Waals surface area contributed by atoms with Gasteiger partial charge in [0.25, 0.3) is 0 Å². The molecule has 0 aliphatic carbocycles. The molecule has 1 nitrogen and oxygen atoms in total. The van der Waals surface area contributed by atoms with Crippen LogP contribution < -0.4 is 0 Å². The Balaban J connectivity index is 0. The number of hydrogen-bond donors (Lipinski definition) is 0. The van der Waals surface area contributed by atoms with Gasteiger partial charge < -0.3 is 5.48 Å². The van der Waals surface area contributed by atoms with E-state index in [-0.39, 0.29) is 75.2 Å². The predicted octanol–water partition coefficient (Wildman–Crippen LogP) is -3.20. The average Bonchev–Trinajstić information content (AvgIpc) is 0. The summed E-state index contributed by atoms with van der Waals surface area (Å²) in [7, 11) is 0. The second-order valence-corrected chi connectivity index (χ2v) is 0. The smallest absolute Gasteiger partial charge is 0 e. The van der Waals surface area contributed by atoms with Crippen molar-refractivity contribution in [1.82, 2.24) is 0 Å². The Morgan fingerprint density at radius 2 is 1.00 bits per heavy atom. The Kier molecular flexibility index (Phi) is 157. The van der Waals surface area contributed by atoms with Crippen LogP contribution in [0.5, 0.6) is 0 Å². The van der Waals surface area contributed by atoms with E-state index in [4.69, 9.17) is 0 Å². The Labute approximate surface area is 74.2 Å². The van der Waals surface area contributed by atoms with Gasteiger partial charge in [0, 0.05) is 19.5 Å². The van der Waals surface area contributed by atoms with Gasteiger partial charge in [0.15, 0.2) is 0 Å². The van der Waals surface area contributed by atoms with Crippen LogP contribution in [0.4, 0.5) is 0 Å². The first kappa shape index (κ1) is 33.8. The van der Waals surface area contributed by atoms with Crippen LogP contribution in [0, 0.1) is 0 Å². The Hall–Kier alpha value is 2.27. The number of hydrogen-bond acceptors (Lipinski definition) is 0. The van der Waals surface area contributed by atoms with E-state index in [1.807, 2.05) is 0 Å². The fourth-order valence-electron chi connectivity index (χ4n) is 0. The standard InChI is InChI=1S/In.H2O.Sb.Zn.6H/h;1H2;;;;;;;;. The van der Waals surface area contributed by atoms with Gasteiger partial charge >= 0.3 is 50.3 Å². The van der Waals surface area contributed by atoms with Crippen LogP contribution in [-0.4, -0.2) is 55.7 Å². The van der Waals surface area contributed by atoms with E-state index < -0.39 is 0 Å². The first-order valence-electron chi connectivity index (χ1n) is 0. The van der Waals surface area contributed by atoms with Crippen LogP contribution in [0.2, 0.25) is 0 Å². The molecule has 0 heterocycles. The average molecular weight is 326 g/mol.